The van der Waals surface area contributed by atoms with Crippen LogP contribution in [-0.4, -0.2) is 32.4 Å². The monoisotopic (exact) mass is 242 g/mol. The van der Waals surface area contributed by atoms with E-state index >= 15 is 0 Å². The molecule has 1 aromatic rings. The lowest BCUT2D eigenvalue weighted by molar-refractivity contribution is 0.191. The van der Waals surface area contributed by atoms with Crippen molar-refractivity contribution in [1.82, 2.24) is 10.1 Å². The van der Waals surface area contributed by atoms with E-state index in [1.165, 1.54) is 25.0 Å². The van der Waals surface area contributed by atoms with Crippen LogP contribution < -0.4 is 0 Å². The number of nitrogens with zero attached hydrogens (tertiary/aromatic N) is 2. The first kappa shape index (κ1) is 11.9. The van der Waals surface area contributed by atoms with E-state index < -0.39 is 6.10 Å². The fourth-order valence-corrected chi connectivity index (χ4v) is 3.18. The molecule has 2 atom stereocenters. The molecule has 1 saturated heterocycles. The van der Waals surface area contributed by atoms with Crippen LogP contribution in [0.15, 0.2) is 4.52 Å². The molecule has 0 spiro atoms. The summed E-state index contributed by atoms with van der Waals surface area (Å²) in [4.78, 5) is 4.29. The van der Waals surface area contributed by atoms with Crippen molar-refractivity contribution in [1.29, 1.82) is 0 Å². The Kier molecular flexibility index (Phi) is 4.23. The number of hydrogen-bond acceptors (Lipinski definition) is 5. The molecule has 2 unspecified atom stereocenters. The molecule has 1 aliphatic rings. The zero-order chi connectivity index (χ0) is 11.4. The van der Waals surface area contributed by atoms with Crippen LogP contribution in [0.2, 0.25) is 0 Å². The van der Waals surface area contributed by atoms with E-state index in [0.717, 1.165) is 12.3 Å². The third-order valence-corrected chi connectivity index (χ3v) is 4.06. The zero-order valence-electron chi connectivity index (χ0n) is 9.56. The number of aliphatic hydroxyl groups excluding tert-OH is 1. The topological polar surface area (TPSA) is 59.2 Å². The second-order valence-corrected chi connectivity index (χ2v) is 5.76. The van der Waals surface area contributed by atoms with Crippen molar-refractivity contribution in [3.63, 3.8) is 0 Å². The van der Waals surface area contributed by atoms with Gasteiger partial charge in [-0.2, -0.15) is 16.7 Å². The molecule has 0 amide bonds. The molecular formula is C11H18N2O2S. The molecule has 90 valence electrons. The Balaban J connectivity index is 1.86. The molecule has 16 heavy (non-hydrogen) atoms. The predicted octanol–water partition coefficient (Wildman–Crippen LogP) is 1.82. The fourth-order valence-electron chi connectivity index (χ4n) is 1.88. The lowest BCUT2D eigenvalue weighted by Gasteiger charge is -2.19. The van der Waals surface area contributed by atoms with E-state index in [-0.39, 0.29) is 0 Å². The van der Waals surface area contributed by atoms with E-state index in [9.17, 15) is 5.11 Å². The first-order valence-electron chi connectivity index (χ1n) is 5.85. The number of aliphatic hydroxyl groups is 1. The van der Waals surface area contributed by atoms with Crippen LogP contribution in [0.3, 0.4) is 0 Å². The Bertz CT molecular complexity index is 322. The van der Waals surface area contributed by atoms with E-state index in [2.05, 4.69) is 10.1 Å². The Morgan fingerprint density at radius 2 is 2.44 bits per heavy atom. The first-order chi connectivity index (χ1) is 7.74. The van der Waals surface area contributed by atoms with Gasteiger partial charge in [-0.1, -0.05) is 11.6 Å². The average Bonchev–Trinajstić information content (AvgIpc) is 2.66. The highest BCUT2D eigenvalue weighted by molar-refractivity contribution is 7.99. The second kappa shape index (κ2) is 5.68. The van der Waals surface area contributed by atoms with Gasteiger partial charge in [-0.15, -0.1) is 0 Å². The highest BCUT2D eigenvalue weighted by atomic mass is 32.2. The van der Waals surface area contributed by atoms with Gasteiger partial charge in [-0.25, -0.2) is 0 Å². The maximum Gasteiger partial charge on any atom is 0.227 e. The molecule has 2 heterocycles. The highest BCUT2D eigenvalue weighted by Gasteiger charge is 2.18. The van der Waals surface area contributed by atoms with Crippen molar-refractivity contribution < 1.29 is 9.63 Å². The quantitative estimate of drug-likeness (QED) is 0.872. The van der Waals surface area contributed by atoms with Gasteiger partial charge >= 0.3 is 0 Å². The average molecular weight is 242 g/mol. The molecule has 1 aromatic heterocycles. The van der Waals surface area contributed by atoms with Gasteiger partial charge in [0.25, 0.3) is 0 Å². The number of thioether (sulfide) groups is 1. The van der Waals surface area contributed by atoms with Gasteiger partial charge < -0.3 is 9.63 Å². The zero-order valence-corrected chi connectivity index (χ0v) is 10.4. The van der Waals surface area contributed by atoms with Gasteiger partial charge in [-0.05, 0) is 25.5 Å². The van der Waals surface area contributed by atoms with E-state index in [1.807, 2.05) is 11.8 Å². The standard InChI is InChI=1S/C11H18N2O2S/c1-8(14)6-10-12-11(15-13-10)7-9-4-2-3-5-16-9/h8-9,14H,2-7H2,1H3. The molecule has 0 radical (unpaired) electrons. The summed E-state index contributed by atoms with van der Waals surface area (Å²) in [7, 11) is 0. The van der Waals surface area contributed by atoms with Crippen molar-refractivity contribution in [2.24, 2.45) is 0 Å². The van der Waals surface area contributed by atoms with Crippen LogP contribution in [0.1, 0.15) is 37.9 Å². The van der Waals surface area contributed by atoms with Crippen molar-refractivity contribution in [2.75, 3.05) is 5.75 Å². The van der Waals surface area contributed by atoms with Gasteiger partial charge in [0.15, 0.2) is 5.82 Å². The van der Waals surface area contributed by atoms with Gasteiger partial charge in [-0.3, -0.25) is 0 Å². The van der Waals surface area contributed by atoms with Crippen molar-refractivity contribution >= 4 is 11.8 Å². The summed E-state index contributed by atoms with van der Waals surface area (Å²) < 4.78 is 5.18. The summed E-state index contributed by atoms with van der Waals surface area (Å²) in [6.45, 7) is 1.73. The molecule has 0 aromatic carbocycles. The first-order valence-corrected chi connectivity index (χ1v) is 6.90. The summed E-state index contributed by atoms with van der Waals surface area (Å²) >= 11 is 2.00. The van der Waals surface area contributed by atoms with E-state index in [0.29, 0.717) is 17.5 Å². The molecule has 5 heteroatoms. The van der Waals surface area contributed by atoms with E-state index in [1.54, 1.807) is 6.92 Å². The molecule has 0 bridgehead atoms. The van der Waals surface area contributed by atoms with Crippen LogP contribution in [0.25, 0.3) is 0 Å². The molecule has 0 aliphatic carbocycles. The lowest BCUT2D eigenvalue weighted by Crippen LogP contribution is -2.12. The largest absolute Gasteiger partial charge is 0.393 e. The minimum atomic E-state index is -0.408. The summed E-state index contributed by atoms with van der Waals surface area (Å²) in [5.74, 6) is 2.58. The van der Waals surface area contributed by atoms with Crippen LogP contribution in [0.5, 0.6) is 0 Å². The van der Waals surface area contributed by atoms with Gasteiger partial charge in [0.05, 0.1) is 6.10 Å². The summed E-state index contributed by atoms with van der Waals surface area (Å²) in [5, 5.41) is 13.7. The minimum Gasteiger partial charge on any atom is -0.393 e. The van der Waals surface area contributed by atoms with E-state index in [4.69, 9.17) is 4.52 Å². The summed E-state index contributed by atoms with van der Waals surface area (Å²) in [6.07, 6.45) is 4.83. The minimum absolute atomic E-state index is 0.408. The molecule has 2 rings (SSSR count). The molecule has 1 aliphatic heterocycles. The SMILES string of the molecule is CC(O)Cc1noc(CC2CCCCS2)n1. The third kappa shape index (κ3) is 3.49. The highest BCUT2D eigenvalue weighted by Crippen LogP contribution is 2.27. The van der Waals surface area contributed by atoms with Crippen LogP contribution in [-0.2, 0) is 12.8 Å². The molecule has 1 fully saturated rings. The van der Waals surface area contributed by atoms with Crippen LogP contribution >= 0.6 is 11.8 Å². The molecule has 0 saturated carbocycles. The summed E-state index contributed by atoms with van der Waals surface area (Å²) in [6, 6.07) is 0. The summed E-state index contributed by atoms with van der Waals surface area (Å²) in [5.41, 5.74) is 0. The van der Waals surface area contributed by atoms with Crippen molar-refractivity contribution in [3.05, 3.63) is 11.7 Å². The lowest BCUT2D eigenvalue weighted by atomic mass is 10.1. The smallest absolute Gasteiger partial charge is 0.227 e. The van der Waals surface area contributed by atoms with Crippen LogP contribution in [0.4, 0.5) is 0 Å². The normalized spacial score (nSPS) is 23.2. The van der Waals surface area contributed by atoms with Crippen molar-refractivity contribution in [2.45, 2.75) is 50.4 Å². The maximum atomic E-state index is 9.21. The Morgan fingerprint density at radius 3 is 3.12 bits per heavy atom. The second-order valence-electron chi connectivity index (χ2n) is 4.35. The molecule has 1 N–H and O–H groups in total. The van der Waals surface area contributed by atoms with Gasteiger partial charge in [0, 0.05) is 18.1 Å². The van der Waals surface area contributed by atoms with Crippen molar-refractivity contribution in [3.8, 4) is 0 Å². The Labute approximate surface area is 99.8 Å². The van der Waals surface area contributed by atoms with Gasteiger partial charge in [0.2, 0.25) is 5.89 Å². The number of rotatable bonds is 4. The number of hydrogen-bond donors (Lipinski definition) is 1. The molecule has 4 nitrogen and oxygen atoms in total. The maximum absolute atomic E-state index is 9.21. The Morgan fingerprint density at radius 1 is 1.56 bits per heavy atom. The van der Waals surface area contributed by atoms with Gasteiger partial charge in [0.1, 0.15) is 0 Å². The molecular weight excluding hydrogens is 224 g/mol. The van der Waals surface area contributed by atoms with Crippen LogP contribution in [0, 0.1) is 0 Å². The number of aromatic nitrogens is 2. The third-order valence-electron chi connectivity index (χ3n) is 2.66. The fraction of sp³-hybridized carbons (Fsp3) is 0.818. The predicted molar refractivity (Wildman–Crippen MR) is 63.5 cm³/mol. The Hall–Kier alpha value is -0.550.